The van der Waals surface area contributed by atoms with Crippen molar-refractivity contribution < 1.29 is 4.74 Å². The number of halogens is 1. The first-order chi connectivity index (χ1) is 21.8. The Hall–Kier alpha value is -3.22. The molecule has 0 bridgehead atoms. The van der Waals surface area contributed by atoms with Crippen molar-refractivity contribution in [2.45, 2.75) is 63.6 Å². The lowest BCUT2D eigenvalue weighted by Gasteiger charge is -2.59. The van der Waals surface area contributed by atoms with Gasteiger partial charge in [0.15, 0.2) is 0 Å². The summed E-state index contributed by atoms with van der Waals surface area (Å²) in [4.78, 5) is 17.2. The van der Waals surface area contributed by atoms with Gasteiger partial charge in [0.05, 0.1) is 17.3 Å². The molecule has 0 radical (unpaired) electrons. The van der Waals surface area contributed by atoms with Crippen LogP contribution in [0.5, 0.6) is 5.75 Å². The van der Waals surface area contributed by atoms with Gasteiger partial charge in [-0.15, -0.1) is 0 Å². The molecular formula is C36H44ClN7O. The van der Waals surface area contributed by atoms with E-state index in [-0.39, 0.29) is 5.41 Å². The molecule has 7 rings (SSSR count). The Morgan fingerprint density at radius 1 is 0.956 bits per heavy atom. The molecule has 3 aromatic rings. The number of nitriles is 1. The van der Waals surface area contributed by atoms with Gasteiger partial charge in [0, 0.05) is 68.0 Å². The van der Waals surface area contributed by atoms with Gasteiger partial charge in [-0.05, 0) is 91.7 Å². The number of benzene rings is 2. The molecular weight excluding hydrogens is 582 g/mol. The molecule has 3 aliphatic heterocycles. The van der Waals surface area contributed by atoms with Crippen molar-refractivity contribution in [3.63, 3.8) is 0 Å². The van der Waals surface area contributed by atoms with E-state index in [1.54, 1.807) is 6.07 Å². The number of likely N-dealkylation sites (tertiary alicyclic amines) is 1. The molecule has 4 heterocycles. The van der Waals surface area contributed by atoms with Crippen LogP contribution in [0, 0.1) is 16.7 Å². The van der Waals surface area contributed by atoms with E-state index in [1.165, 1.54) is 51.9 Å². The molecule has 9 heteroatoms. The highest BCUT2D eigenvalue weighted by Gasteiger charge is 2.49. The van der Waals surface area contributed by atoms with Crippen LogP contribution in [0.1, 0.15) is 61.9 Å². The minimum Gasteiger partial charge on any atom is -0.487 e. The minimum atomic E-state index is -0.314. The predicted molar refractivity (Wildman–Crippen MR) is 178 cm³/mol. The second kappa shape index (κ2) is 12.5. The van der Waals surface area contributed by atoms with Crippen molar-refractivity contribution in [1.82, 2.24) is 25.1 Å². The van der Waals surface area contributed by atoms with Crippen molar-refractivity contribution in [2.75, 3.05) is 57.3 Å². The lowest BCUT2D eigenvalue weighted by Crippen LogP contribution is -2.68. The number of nitrogens with one attached hydrogen (secondary N) is 1. The quantitative estimate of drug-likeness (QED) is 0.364. The molecule has 45 heavy (non-hydrogen) atoms. The molecule has 1 saturated carbocycles. The average Bonchev–Trinajstić information content (AvgIpc) is 3.03. The van der Waals surface area contributed by atoms with Crippen LogP contribution in [0.25, 0.3) is 0 Å². The number of rotatable bonds is 8. The maximum absolute atomic E-state index is 9.37. The predicted octanol–water partition coefficient (Wildman–Crippen LogP) is 5.24. The second-order valence-electron chi connectivity index (χ2n) is 14.1. The monoisotopic (exact) mass is 625 g/mol. The van der Waals surface area contributed by atoms with E-state index in [9.17, 15) is 5.26 Å². The van der Waals surface area contributed by atoms with Gasteiger partial charge in [0.1, 0.15) is 12.4 Å². The van der Waals surface area contributed by atoms with Crippen LogP contribution in [-0.4, -0.2) is 84.2 Å². The van der Waals surface area contributed by atoms with Crippen molar-refractivity contribution in [1.29, 1.82) is 5.26 Å². The number of aromatic nitrogens is 2. The first-order valence-electron chi connectivity index (χ1n) is 16.5. The van der Waals surface area contributed by atoms with Gasteiger partial charge >= 0.3 is 0 Å². The Morgan fingerprint density at radius 3 is 2.40 bits per heavy atom. The Bertz CT molecular complexity index is 1530. The highest BCUT2D eigenvalue weighted by molar-refractivity contribution is 6.30. The van der Waals surface area contributed by atoms with Crippen LogP contribution in [0.3, 0.4) is 0 Å². The standard InChI is InChI=1S/C36H44ClN7O/c1-35(2,28-17-26(22-38)18-29(37)19-28)27-3-5-33(6-4-27)45-25-30-7-10-40-34(41-30)43-15-13-42(14-16-43)32-23-44(24-32)31-20-36(21-31)8-11-39-12-9-36/h3-7,10,17-19,31-32,39H,8-9,11-16,20-21,23-25H2,1-2H3. The van der Waals surface area contributed by atoms with Gasteiger partial charge in [-0.25, -0.2) is 9.97 Å². The fraction of sp³-hybridized carbons (Fsp3) is 0.528. The summed E-state index contributed by atoms with van der Waals surface area (Å²) in [7, 11) is 0. The minimum absolute atomic E-state index is 0.314. The van der Waals surface area contributed by atoms with E-state index in [0.717, 1.165) is 60.7 Å². The number of ether oxygens (including phenoxy) is 1. The zero-order chi connectivity index (χ0) is 31.0. The summed E-state index contributed by atoms with van der Waals surface area (Å²) in [6, 6.07) is 19.3. The summed E-state index contributed by atoms with van der Waals surface area (Å²) in [5.41, 5.74) is 3.91. The summed E-state index contributed by atoms with van der Waals surface area (Å²) in [6.07, 6.45) is 7.44. The molecule has 1 aliphatic carbocycles. The third kappa shape index (κ3) is 6.41. The molecule has 3 saturated heterocycles. The lowest BCUT2D eigenvalue weighted by molar-refractivity contribution is -0.0799. The largest absolute Gasteiger partial charge is 0.487 e. The van der Waals surface area contributed by atoms with Crippen LogP contribution in [0.2, 0.25) is 5.02 Å². The van der Waals surface area contributed by atoms with Crippen molar-refractivity contribution in [3.8, 4) is 11.8 Å². The molecule has 2 aromatic carbocycles. The number of piperidine rings is 1. The molecule has 0 amide bonds. The molecule has 4 aliphatic rings. The van der Waals surface area contributed by atoms with E-state index in [0.29, 0.717) is 28.6 Å². The Balaban J connectivity index is 0.879. The van der Waals surface area contributed by atoms with Gasteiger partial charge in [0.25, 0.3) is 0 Å². The van der Waals surface area contributed by atoms with Crippen LogP contribution in [0.4, 0.5) is 5.95 Å². The van der Waals surface area contributed by atoms with Gasteiger partial charge in [-0.2, -0.15) is 5.26 Å². The summed E-state index contributed by atoms with van der Waals surface area (Å²) in [6.45, 7) is 13.6. The third-order valence-electron chi connectivity index (χ3n) is 10.9. The van der Waals surface area contributed by atoms with E-state index < -0.39 is 0 Å². The first kappa shape index (κ1) is 30.4. The highest BCUT2D eigenvalue weighted by Crippen LogP contribution is 2.50. The van der Waals surface area contributed by atoms with Crippen molar-refractivity contribution in [3.05, 3.63) is 82.1 Å². The Morgan fingerprint density at radius 2 is 1.69 bits per heavy atom. The highest BCUT2D eigenvalue weighted by atomic mass is 35.5. The normalized spacial score (nSPS) is 21.2. The first-order valence-corrected chi connectivity index (χ1v) is 16.9. The average molecular weight is 626 g/mol. The van der Waals surface area contributed by atoms with E-state index in [4.69, 9.17) is 21.3 Å². The molecule has 0 unspecified atom stereocenters. The van der Waals surface area contributed by atoms with Crippen LogP contribution < -0.4 is 15.0 Å². The van der Waals surface area contributed by atoms with Gasteiger partial charge in [-0.1, -0.05) is 37.6 Å². The van der Waals surface area contributed by atoms with Crippen LogP contribution in [0.15, 0.2) is 54.7 Å². The maximum Gasteiger partial charge on any atom is 0.225 e. The van der Waals surface area contributed by atoms with Crippen LogP contribution in [-0.2, 0) is 12.0 Å². The third-order valence-corrected chi connectivity index (χ3v) is 11.2. The van der Waals surface area contributed by atoms with Crippen molar-refractivity contribution in [2.24, 2.45) is 5.41 Å². The summed E-state index contributed by atoms with van der Waals surface area (Å²) in [5, 5.41) is 13.5. The van der Waals surface area contributed by atoms with Gasteiger partial charge in [-0.3, -0.25) is 9.80 Å². The fourth-order valence-electron chi connectivity index (χ4n) is 7.79. The summed E-state index contributed by atoms with van der Waals surface area (Å²) >= 11 is 6.29. The topological polar surface area (TPSA) is 80.6 Å². The SMILES string of the molecule is CC(C)(c1ccc(OCc2ccnc(N3CCN(C4CN(C5CC6(CCNCC6)C5)C4)CC3)n2)cc1)c1cc(Cl)cc(C#N)c1. The number of piperazine rings is 1. The molecule has 8 nitrogen and oxygen atoms in total. The number of nitrogens with zero attached hydrogens (tertiary/aromatic N) is 6. The van der Waals surface area contributed by atoms with E-state index in [2.05, 4.69) is 57.0 Å². The number of hydrogen-bond acceptors (Lipinski definition) is 8. The molecule has 1 N–H and O–H groups in total. The Labute approximate surface area is 272 Å². The molecule has 1 spiro atoms. The summed E-state index contributed by atoms with van der Waals surface area (Å²) in [5.74, 6) is 1.58. The van der Waals surface area contributed by atoms with E-state index in [1.807, 2.05) is 36.5 Å². The van der Waals surface area contributed by atoms with Crippen molar-refractivity contribution >= 4 is 17.5 Å². The van der Waals surface area contributed by atoms with Gasteiger partial charge < -0.3 is 15.0 Å². The smallest absolute Gasteiger partial charge is 0.225 e. The van der Waals surface area contributed by atoms with Crippen LogP contribution >= 0.6 is 11.6 Å². The molecule has 0 atom stereocenters. The zero-order valence-electron chi connectivity index (χ0n) is 26.5. The Kier molecular flexibility index (Phi) is 8.47. The number of anilines is 1. The zero-order valence-corrected chi connectivity index (χ0v) is 27.3. The summed E-state index contributed by atoms with van der Waals surface area (Å²) < 4.78 is 6.13. The molecule has 1 aromatic heterocycles. The van der Waals surface area contributed by atoms with Gasteiger partial charge in [0.2, 0.25) is 5.95 Å². The second-order valence-corrected chi connectivity index (χ2v) is 14.5. The maximum atomic E-state index is 9.37. The molecule has 4 fully saturated rings. The fourth-order valence-corrected chi connectivity index (χ4v) is 8.03. The lowest BCUT2D eigenvalue weighted by atomic mass is 9.60. The number of hydrogen-bond donors (Lipinski definition) is 1. The van der Waals surface area contributed by atoms with E-state index >= 15 is 0 Å². The molecule has 236 valence electrons.